The number of rotatable bonds is 8. The number of amides is 1. The molecule has 144 valence electrons. The van der Waals surface area contributed by atoms with Gasteiger partial charge in [0.25, 0.3) is 0 Å². The molecule has 27 heavy (non-hydrogen) atoms. The van der Waals surface area contributed by atoms with E-state index in [1.807, 2.05) is 12.1 Å². The van der Waals surface area contributed by atoms with Crippen LogP contribution >= 0.6 is 11.6 Å². The smallest absolute Gasteiger partial charge is 0.236 e. The third-order valence-electron chi connectivity index (χ3n) is 4.70. The predicted molar refractivity (Wildman–Crippen MR) is 105 cm³/mol. The Labute approximate surface area is 166 Å². The van der Waals surface area contributed by atoms with E-state index >= 15 is 0 Å². The summed E-state index contributed by atoms with van der Waals surface area (Å²) in [6.07, 6.45) is 1.61. The summed E-state index contributed by atoms with van der Waals surface area (Å²) < 4.78 is 0. The van der Waals surface area contributed by atoms with E-state index in [1.54, 1.807) is 4.90 Å². The summed E-state index contributed by atoms with van der Waals surface area (Å²) >= 11 is 5.95. The highest BCUT2D eigenvalue weighted by molar-refractivity contribution is 6.30. The molecule has 1 aliphatic heterocycles. The van der Waals surface area contributed by atoms with Crippen LogP contribution in [0, 0.1) is 22.7 Å². The number of carbonyl (C=O) groups is 1. The Morgan fingerprint density at radius 3 is 2.22 bits per heavy atom. The Bertz CT molecular complexity index is 661. The number of hydrogen-bond donors (Lipinski definition) is 0. The van der Waals surface area contributed by atoms with Crippen LogP contribution in [0.15, 0.2) is 24.3 Å². The molecule has 7 heteroatoms. The average Bonchev–Trinajstić information content (AvgIpc) is 2.89. The van der Waals surface area contributed by atoms with Crippen LogP contribution in [0.2, 0.25) is 5.02 Å². The summed E-state index contributed by atoms with van der Waals surface area (Å²) in [5, 5.41) is 18.3. The van der Waals surface area contributed by atoms with Crippen molar-refractivity contribution >= 4 is 17.5 Å². The maximum atomic E-state index is 12.6. The predicted octanol–water partition coefficient (Wildman–Crippen LogP) is 2.50. The van der Waals surface area contributed by atoms with Gasteiger partial charge in [-0.2, -0.15) is 10.5 Å². The first-order valence-electron chi connectivity index (χ1n) is 9.33. The summed E-state index contributed by atoms with van der Waals surface area (Å²) in [7, 11) is 0. The molecule has 1 saturated heterocycles. The maximum absolute atomic E-state index is 12.6. The maximum Gasteiger partial charge on any atom is 0.236 e. The minimum Gasteiger partial charge on any atom is -0.340 e. The molecule has 0 aromatic heterocycles. The van der Waals surface area contributed by atoms with Crippen molar-refractivity contribution in [3.63, 3.8) is 0 Å². The van der Waals surface area contributed by atoms with Gasteiger partial charge >= 0.3 is 0 Å². The topological polar surface area (TPSA) is 74.4 Å². The molecule has 1 heterocycles. The summed E-state index contributed by atoms with van der Waals surface area (Å²) in [6.45, 7) is 5.66. The summed E-state index contributed by atoms with van der Waals surface area (Å²) in [5.74, 6) is 0.00616. The Morgan fingerprint density at radius 2 is 1.59 bits per heavy atom. The van der Waals surface area contributed by atoms with Crippen LogP contribution in [0.4, 0.5) is 0 Å². The highest BCUT2D eigenvalue weighted by Gasteiger charge is 2.20. The molecule has 0 saturated carbocycles. The third-order valence-corrected chi connectivity index (χ3v) is 4.95. The van der Waals surface area contributed by atoms with Gasteiger partial charge in [-0.25, -0.2) is 0 Å². The zero-order valence-electron chi connectivity index (χ0n) is 15.6. The fourth-order valence-electron chi connectivity index (χ4n) is 3.21. The van der Waals surface area contributed by atoms with Crippen molar-refractivity contribution in [3.05, 3.63) is 34.9 Å². The molecule has 1 amide bonds. The van der Waals surface area contributed by atoms with Gasteiger partial charge in [0, 0.05) is 37.7 Å². The molecule has 1 aromatic carbocycles. The molecule has 0 radical (unpaired) electrons. The molecule has 0 aliphatic carbocycles. The van der Waals surface area contributed by atoms with E-state index in [9.17, 15) is 4.79 Å². The normalized spacial score (nSPS) is 15.5. The Morgan fingerprint density at radius 1 is 1.00 bits per heavy atom. The van der Waals surface area contributed by atoms with Gasteiger partial charge in [0.15, 0.2) is 0 Å². The molecule has 0 bridgehead atoms. The lowest BCUT2D eigenvalue weighted by Crippen LogP contribution is -2.42. The average molecular weight is 388 g/mol. The molecule has 0 N–H and O–H groups in total. The van der Waals surface area contributed by atoms with E-state index in [-0.39, 0.29) is 5.91 Å². The van der Waals surface area contributed by atoms with Gasteiger partial charge < -0.3 is 4.90 Å². The fourth-order valence-corrected chi connectivity index (χ4v) is 3.34. The first kappa shape index (κ1) is 21.2. The van der Waals surface area contributed by atoms with Crippen molar-refractivity contribution in [2.24, 2.45) is 0 Å². The number of halogens is 1. The van der Waals surface area contributed by atoms with Gasteiger partial charge in [0.05, 0.1) is 31.5 Å². The van der Waals surface area contributed by atoms with E-state index in [1.165, 1.54) is 5.56 Å². The van der Waals surface area contributed by atoms with E-state index in [2.05, 4.69) is 34.1 Å². The van der Waals surface area contributed by atoms with Crippen LogP contribution < -0.4 is 0 Å². The van der Waals surface area contributed by atoms with Gasteiger partial charge in [-0.05, 0) is 37.2 Å². The number of hydrogen-bond acceptors (Lipinski definition) is 5. The summed E-state index contributed by atoms with van der Waals surface area (Å²) in [6, 6.07) is 12.1. The van der Waals surface area contributed by atoms with E-state index in [0.717, 1.165) is 44.2 Å². The third kappa shape index (κ3) is 7.56. The van der Waals surface area contributed by atoms with Crippen molar-refractivity contribution in [1.29, 1.82) is 10.5 Å². The van der Waals surface area contributed by atoms with Crippen LogP contribution in [-0.2, 0) is 11.3 Å². The van der Waals surface area contributed by atoms with Crippen LogP contribution in [-0.4, -0.2) is 66.4 Å². The quantitative estimate of drug-likeness (QED) is 0.685. The van der Waals surface area contributed by atoms with Crippen LogP contribution in [0.5, 0.6) is 0 Å². The first-order chi connectivity index (χ1) is 13.1. The van der Waals surface area contributed by atoms with Crippen LogP contribution in [0.25, 0.3) is 0 Å². The SMILES string of the molecule is N#CCCN(CCC#N)C(=O)CN1CCCN(Cc2ccc(Cl)cc2)CC1. The molecular weight excluding hydrogens is 362 g/mol. The zero-order valence-corrected chi connectivity index (χ0v) is 16.4. The van der Waals surface area contributed by atoms with Crippen LogP contribution in [0.3, 0.4) is 0 Å². The first-order valence-corrected chi connectivity index (χ1v) is 9.71. The fraction of sp³-hybridized carbons (Fsp3) is 0.550. The second-order valence-corrected chi connectivity index (χ2v) is 7.17. The van der Waals surface area contributed by atoms with E-state index in [4.69, 9.17) is 22.1 Å². The molecule has 0 atom stereocenters. The molecule has 1 aliphatic rings. The highest BCUT2D eigenvalue weighted by Crippen LogP contribution is 2.13. The van der Waals surface area contributed by atoms with Gasteiger partial charge in [-0.1, -0.05) is 23.7 Å². The van der Waals surface area contributed by atoms with Crippen molar-refractivity contribution in [2.75, 3.05) is 45.8 Å². The molecule has 6 nitrogen and oxygen atoms in total. The molecule has 2 rings (SSSR count). The Kier molecular flexibility index (Phi) is 9.07. The second kappa shape index (κ2) is 11.6. The molecule has 1 fully saturated rings. The molecule has 1 aromatic rings. The molecular formula is C20H26ClN5O. The standard InChI is InChI=1S/C20H26ClN5O/c21-19-6-4-18(5-7-19)16-24-10-3-11-25(15-14-24)17-20(27)26(12-1-8-22)13-2-9-23/h4-7H,1-3,10-17H2. The van der Waals surface area contributed by atoms with E-state index < -0.39 is 0 Å². The Hall–Kier alpha value is -2.12. The minimum atomic E-state index is 0.00616. The minimum absolute atomic E-state index is 0.00616. The lowest BCUT2D eigenvalue weighted by Gasteiger charge is -2.26. The van der Waals surface area contributed by atoms with Crippen LogP contribution in [0.1, 0.15) is 24.8 Å². The number of carbonyl (C=O) groups excluding carboxylic acids is 1. The number of nitriles is 2. The van der Waals surface area contributed by atoms with Crippen molar-refractivity contribution in [2.45, 2.75) is 25.8 Å². The summed E-state index contributed by atoms with van der Waals surface area (Å²) in [5.41, 5.74) is 1.24. The highest BCUT2D eigenvalue weighted by atomic mass is 35.5. The monoisotopic (exact) mass is 387 g/mol. The van der Waals surface area contributed by atoms with Gasteiger partial charge in [0.2, 0.25) is 5.91 Å². The lowest BCUT2D eigenvalue weighted by atomic mass is 10.2. The zero-order chi connectivity index (χ0) is 19.5. The van der Waals surface area contributed by atoms with Gasteiger partial charge in [0.1, 0.15) is 0 Å². The van der Waals surface area contributed by atoms with Crippen molar-refractivity contribution in [3.8, 4) is 12.1 Å². The lowest BCUT2D eigenvalue weighted by molar-refractivity contribution is -0.132. The largest absolute Gasteiger partial charge is 0.340 e. The summed E-state index contributed by atoms with van der Waals surface area (Å²) in [4.78, 5) is 18.8. The number of nitrogens with zero attached hydrogens (tertiary/aromatic N) is 5. The second-order valence-electron chi connectivity index (χ2n) is 6.73. The molecule has 0 unspecified atom stereocenters. The Balaban J connectivity index is 1.83. The van der Waals surface area contributed by atoms with Gasteiger partial charge in [-0.15, -0.1) is 0 Å². The number of benzene rings is 1. The van der Waals surface area contributed by atoms with Crippen molar-refractivity contribution in [1.82, 2.24) is 14.7 Å². The van der Waals surface area contributed by atoms with Crippen molar-refractivity contribution < 1.29 is 4.79 Å². The van der Waals surface area contributed by atoms with Gasteiger partial charge in [-0.3, -0.25) is 14.6 Å². The molecule has 0 spiro atoms. The van der Waals surface area contributed by atoms with E-state index in [0.29, 0.717) is 32.5 Å².